The highest BCUT2D eigenvalue weighted by atomic mass is 16.5. The predicted molar refractivity (Wildman–Crippen MR) is 73.8 cm³/mol. The Morgan fingerprint density at radius 3 is 2.67 bits per heavy atom. The van der Waals surface area contributed by atoms with Gasteiger partial charge >= 0.3 is 0 Å². The summed E-state index contributed by atoms with van der Waals surface area (Å²) in [5.74, 6) is 0.899. The molecule has 0 unspecified atom stereocenters. The molecule has 1 N–H and O–H groups in total. The Kier molecular flexibility index (Phi) is 4.22. The average molecular weight is 252 g/mol. The molecule has 0 bridgehead atoms. The van der Waals surface area contributed by atoms with Gasteiger partial charge in [-0.15, -0.1) is 0 Å². The van der Waals surface area contributed by atoms with E-state index in [2.05, 4.69) is 10.2 Å². The monoisotopic (exact) mass is 252 g/mol. The summed E-state index contributed by atoms with van der Waals surface area (Å²) in [5, 5.41) is 3.52. The molecule has 3 fully saturated rings. The minimum atomic E-state index is 0.661. The molecule has 3 saturated heterocycles. The van der Waals surface area contributed by atoms with Crippen LogP contribution in [0.1, 0.15) is 38.5 Å². The van der Waals surface area contributed by atoms with Crippen molar-refractivity contribution in [2.45, 2.75) is 38.5 Å². The van der Waals surface area contributed by atoms with Crippen LogP contribution in [0, 0.1) is 11.3 Å². The van der Waals surface area contributed by atoms with Crippen molar-refractivity contribution in [1.29, 1.82) is 0 Å². The van der Waals surface area contributed by atoms with Crippen molar-refractivity contribution in [2.75, 3.05) is 45.9 Å². The molecule has 3 nitrogen and oxygen atoms in total. The second kappa shape index (κ2) is 5.89. The van der Waals surface area contributed by atoms with E-state index in [0.29, 0.717) is 5.41 Å². The summed E-state index contributed by atoms with van der Waals surface area (Å²) in [6.45, 7) is 8.51. The van der Waals surface area contributed by atoms with Gasteiger partial charge in [-0.25, -0.2) is 0 Å². The van der Waals surface area contributed by atoms with Crippen LogP contribution in [0.5, 0.6) is 0 Å². The van der Waals surface area contributed by atoms with Crippen LogP contribution in [-0.2, 0) is 4.74 Å². The molecule has 3 aliphatic heterocycles. The molecule has 0 saturated carbocycles. The summed E-state index contributed by atoms with van der Waals surface area (Å²) in [6, 6.07) is 0. The molecule has 0 aromatic rings. The molecule has 0 aromatic carbocycles. The molecule has 0 amide bonds. The van der Waals surface area contributed by atoms with E-state index in [9.17, 15) is 0 Å². The molecule has 0 radical (unpaired) electrons. The molecular weight excluding hydrogens is 224 g/mol. The van der Waals surface area contributed by atoms with E-state index in [1.54, 1.807) is 0 Å². The molecule has 104 valence electrons. The minimum absolute atomic E-state index is 0.661. The highest BCUT2D eigenvalue weighted by Gasteiger charge is 2.36. The normalized spacial score (nSPS) is 30.7. The van der Waals surface area contributed by atoms with Gasteiger partial charge in [0, 0.05) is 26.3 Å². The third-order valence-corrected chi connectivity index (χ3v) is 5.26. The van der Waals surface area contributed by atoms with Gasteiger partial charge in [0.05, 0.1) is 0 Å². The average Bonchev–Trinajstić information content (AvgIpc) is 2.41. The maximum atomic E-state index is 5.47. The van der Waals surface area contributed by atoms with Crippen molar-refractivity contribution in [3.8, 4) is 0 Å². The molecule has 3 rings (SSSR count). The molecule has 0 aromatic heterocycles. The number of ether oxygens (including phenoxy) is 1. The number of hydrogen-bond acceptors (Lipinski definition) is 3. The van der Waals surface area contributed by atoms with Gasteiger partial charge in [0.15, 0.2) is 0 Å². The van der Waals surface area contributed by atoms with Crippen molar-refractivity contribution in [1.82, 2.24) is 10.2 Å². The first-order chi connectivity index (χ1) is 8.86. The second-order valence-electron chi connectivity index (χ2n) is 6.64. The van der Waals surface area contributed by atoms with Crippen molar-refractivity contribution in [3.63, 3.8) is 0 Å². The van der Waals surface area contributed by atoms with Crippen LogP contribution in [0.15, 0.2) is 0 Å². The van der Waals surface area contributed by atoms with Crippen LogP contribution in [0.3, 0.4) is 0 Å². The molecule has 3 heterocycles. The van der Waals surface area contributed by atoms with E-state index >= 15 is 0 Å². The standard InChI is InChI=1S/C15H28N2O/c1-4-15(5-7-16-8-6-15)13-17(9-1)12-14-2-10-18-11-3-14/h14,16H,1-13H2. The topological polar surface area (TPSA) is 24.5 Å². The Morgan fingerprint density at radius 1 is 1.11 bits per heavy atom. The Bertz CT molecular complexity index is 252. The zero-order valence-corrected chi connectivity index (χ0v) is 11.6. The largest absolute Gasteiger partial charge is 0.381 e. The van der Waals surface area contributed by atoms with E-state index in [1.165, 1.54) is 71.2 Å². The lowest BCUT2D eigenvalue weighted by Gasteiger charge is -2.46. The molecule has 1 spiro atoms. The number of hydrogen-bond donors (Lipinski definition) is 1. The second-order valence-corrected chi connectivity index (χ2v) is 6.64. The minimum Gasteiger partial charge on any atom is -0.381 e. The van der Waals surface area contributed by atoms with Gasteiger partial charge in [0.1, 0.15) is 0 Å². The van der Waals surface area contributed by atoms with Gasteiger partial charge in [-0.2, -0.15) is 0 Å². The van der Waals surface area contributed by atoms with Gasteiger partial charge < -0.3 is 15.0 Å². The maximum absolute atomic E-state index is 5.47. The zero-order chi connectivity index (χ0) is 12.3. The van der Waals surface area contributed by atoms with E-state index in [1.807, 2.05) is 0 Å². The molecular formula is C15H28N2O. The van der Waals surface area contributed by atoms with Crippen LogP contribution in [0.25, 0.3) is 0 Å². The Morgan fingerprint density at radius 2 is 1.89 bits per heavy atom. The number of nitrogens with one attached hydrogen (secondary N) is 1. The van der Waals surface area contributed by atoms with Gasteiger partial charge in [0.25, 0.3) is 0 Å². The van der Waals surface area contributed by atoms with Crippen molar-refractivity contribution in [3.05, 3.63) is 0 Å². The molecule has 18 heavy (non-hydrogen) atoms. The fourth-order valence-electron chi connectivity index (χ4n) is 4.13. The van der Waals surface area contributed by atoms with E-state index in [0.717, 1.165) is 19.1 Å². The van der Waals surface area contributed by atoms with Gasteiger partial charge in [-0.05, 0) is 69.5 Å². The van der Waals surface area contributed by atoms with Crippen LogP contribution in [0.2, 0.25) is 0 Å². The van der Waals surface area contributed by atoms with Crippen LogP contribution in [0.4, 0.5) is 0 Å². The fraction of sp³-hybridized carbons (Fsp3) is 1.00. The smallest absolute Gasteiger partial charge is 0.0469 e. The van der Waals surface area contributed by atoms with E-state index in [4.69, 9.17) is 4.74 Å². The molecule has 3 heteroatoms. The highest BCUT2D eigenvalue weighted by Crippen LogP contribution is 2.38. The number of nitrogens with zero attached hydrogens (tertiary/aromatic N) is 1. The van der Waals surface area contributed by atoms with Gasteiger partial charge in [-0.3, -0.25) is 0 Å². The highest BCUT2D eigenvalue weighted by molar-refractivity contribution is 4.91. The number of rotatable bonds is 2. The van der Waals surface area contributed by atoms with Crippen molar-refractivity contribution >= 4 is 0 Å². The third kappa shape index (κ3) is 3.06. The Balaban J connectivity index is 1.52. The van der Waals surface area contributed by atoms with E-state index < -0.39 is 0 Å². The van der Waals surface area contributed by atoms with Crippen molar-refractivity contribution < 1.29 is 4.74 Å². The first kappa shape index (κ1) is 12.9. The van der Waals surface area contributed by atoms with Crippen LogP contribution < -0.4 is 5.32 Å². The lowest BCUT2D eigenvalue weighted by molar-refractivity contribution is 0.0199. The summed E-state index contributed by atoms with van der Waals surface area (Å²) in [6.07, 6.45) is 8.26. The molecule has 3 aliphatic rings. The van der Waals surface area contributed by atoms with Crippen LogP contribution >= 0.6 is 0 Å². The summed E-state index contributed by atoms with van der Waals surface area (Å²) < 4.78 is 5.47. The first-order valence-corrected chi connectivity index (χ1v) is 7.87. The zero-order valence-electron chi connectivity index (χ0n) is 11.6. The molecule has 0 aliphatic carbocycles. The lowest BCUT2D eigenvalue weighted by atomic mass is 9.72. The third-order valence-electron chi connectivity index (χ3n) is 5.26. The quantitative estimate of drug-likeness (QED) is 0.812. The van der Waals surface area contributed by atoms with E-state index in [-0.39, 0.29) is 0 Å². The number of likely N-dealkylation sites (tertiary alicyclic amines) is 1. The van der Waals surface area contributed by atoms with Crippen molar-refractivity contribution in [2.24, 2.45) is 11.3 Å². The lowest BCUT2D eigenvalue weighted by Crippen LogP contribution is -2.49. The SMILES string of the molecule is C1CN(CC2CCOCC2)CC2(C1)CCNCC2. The summed E-state index contributed by atoms with van der Waals surface area (Å²) in [5.41, 5.74) is 0.661. The summed E-state index contributed by atoms with van der Waals surface area (Å²) in [7, 11) is 0. The maximum Gasteiger partial charge on any atom is 0.0469 e. The summed E-state index contributed by atoms with van der Waals surface area (Å²) in [4.78, 5) is 2.77. The summed E-state index contributed by atoms with van der Waals surface area (Å²) >= 11 is 0. The van der Waals surface area contributed by atoms with Gasteiger partial charge in [-0.1, -0.05) is 0 Å². The Hall–Kier alpha value is -0.120. The van der Waals surface area contributed by atoms with Gasteiger partial charge in [0.2, 0.25) is 0 Å². The first-order valence-electron chi connectivity index (χ1n) is 7.87. The van der Waals surface area contributed by atoms with Crippen LogP contribution in [-0.4, -0.2) is 50.8 Å². The Labute approximate surface area is 111 Å². The predicted octanol–water partition coefficient (Wildman–Crippen LogP) is 1.88. The number of piperidine rings is 2. The fourth-order valence-corrected chi connectivity index (χ4v) is 4.13. The molecule has 0 atom stereocenters.